The number of nitrogens with zero attached hydrogens (tertiary/aromatic N) is 2. The van der Waals surface area contributed by atoms with Crippen LogP contribution < -0.4 is 5.01 Å². The van der Waals surface area contributed by atoms with Gasteiger partial charge in [0.1, 0.15) is 0 Å². The second kappa shape index (κ2) is 4.95. The normalized spacial score (nSPS) is 15.4. The molecule has 1 aliphatic rings. The fourth-order valence-electron chi connectivity index (χ4n) is 1.75. The zero-order chi connectivity index (χ0) is 14.9. The third-order valence-corrected chi connectivity index (χ3v) is 2.63. The number of halogens is 3. The molecule has 0 saturated carbocycles. The minimum absolute atomic E-state index is 0.146. The Morgan fingerprint density at radius 2 is 1.90 bits per heavy atom. The summed E-state index contributed by atoms with van der Waals surface area (Å²) < 4.78 is 37.2. The van der Waals surface area contributed by atoms with Gasteiger partial charge in [-0.05, 0) is 24.3 Å². The molecule has 5 nitrogen and oxygen atoms in total. The van der Waals surface area contributed by atoms with Gasteiger partial charge in [0.05, 0.1) is 29.8 Å². The van der Waals surface area contributed by atoms with E-state index in [2.05, 4.69) is 5.10 Å². The van der Waals surface area contributed by atoms with Crippen LogP contribution in [0.25, 0.3) is 0 Å². The summed E-state index contributed by atoms with van der Waals surface area (Å²) in [6, 6.07) is 3.92. The molecule has 0 bridgehead atoms. The van der Waals surface area contributed by atoms with E-state index in [0.29, 0.717) is 0 Å². The number of amides is 1. The Bertz CT molecular complexity index is 579. The number of hydrazone groups is 1. The number of carboxylic acids is 1. The molecule has 0 saturated heterocycles. The molecule has 0 unspecified atom stereocenters. The molecule has 1 aliphatic heterocycles. The lowest BCUT2D eigenvalue weighted by Crippen LogP contribution is -2.19. The molecule has 1 amide bonds. The summed E-state index contributed by atoms with van der Waals surface area (Å²) in [7, 11) is 0. The topological polar surface area (TPSA) is 70.0 Å². The van der Waals surface area contributed by atoms with Gasteiger partial charge >= 0.3 is 12.1 Å². The van der Waals surface area contributed by atoms with Crippen molar-refractivity contribution < 1.29 is 27.9 Å². The number of rotatable bonds is 3. The van der Waals surface area contributed by atoms with Crippen molar-refractivity contribution in [3.05, 3.63) is 29.8 Å². The molecule has 1 aromatic carbocycles. The molecule has 1 heterocycles. The van der Waals surface area contributed by atoms with Crippen molar-refractivity contribution in [2.75, 3.05) is 5.01 Å². The Labute approximate surface area is 111 Å². The average molecular weight is 286 g/mol. The fraction of sp³-hybridized carbons (Fsp3) is 0.250. The van der Waals surface area contributed by atoms with Gasteiger partial charge in [0.25, 0.3) is 5.91 Å². The smallest absolute Gasteiger partial charge is 0.416 e. The molecule has 0 aliphatic carbocycles. The van der Waals surface area contributed by atoms with E-state index in [1.54, 1.807) is 0 Å². The maximum absolute atomic E-state index is 12.4. The van der Waals surface area contributed by atoms with Crippen LogP contribution in [0.5, 0.6) is 0 Å². The standard InChI is InChI=1S/C12H9F3N2O3/c13-12(14,15)7-1-3-9(4-2-7)17-10(18)5-8(16-17)6-11(19)20/h1-4H,5-6H2,(H,19,20). The van der Waals surface area contributed by atoms with Crippen LogP contribution in [0, 0.1) is 0 Å². The summed E-state index contributed by atoms with van der Waals surface area (Å²) in [6.07, 6.45) is -4.97. The van der Waals surface area contributed by atoms with Gasteiger partial charge in [-0.1, -0.05) is 0 Å². The molecule has 0 atom stereocenters. The first kappa shape index (κ1) is 14.0. The molecular weight excluding hydrogens is 277 g/mol. The predicted octanol–water partition coefficient (Wildman–Crippen LogP) is 2.27. The van der Waals surface area contributed by atoms with Gasteiger partial charge in [0, 0.05) is 0 Å². The molecule has 20 heavy (non-hydrogen) atoms. The first-order chi connectivity index (χ1) is 9.27. The predicted molar refractivity (Wildman–Crippen MR) is 63.2 cm³/mol. The van der Waals surface area contributed by atoms with Gasteiger partial charge in [-0.3, -0.25) is 9.59 Å². The van der Waals surface area contributed by atoms with Crippen LogP contribution >= 0.6 is 0 Å². The average Bonchev–Trinajstić information content (AvgIpc) is 2.68. The molecule has 1 N–H and O–H groups in total. The number of carboxylic acid groups (broad SMARTS) is 1. The van der Waals surface area contributed by atoms with Gasteiger partial charge in [-0.25, -0.2) is 5.01 Å². The van der Waals surface area contributed by atoms with Crippen molar-refractivity contribution in [1.29, 1.82) is 0 Å². The minimum Gasteiger partial charge on any atom is -0.481 e. The Morgan fingerprint density at radius 3 is 2.40 bits per heavy atom. The zero-order valence-electron chi connectivity index (χ0n) is 10.0. The fourth-order valence-corrected chi connectivity index (χ4v) is 1.75. The monoisotopic (exact) mass is 286 g/mol. The summed E-state index contributed by atoms with van der Waals surface area (Å²) in [5, 5.41) is 13.3. The highest BCUT2D eigenvalue weighted by atomic mass is 19.4. The maximum Gasteiger partial charge on any atom is 0.416 e. The van der Waals surface area contributed by atoms with Gasteiger partial charge in [-0.2, -0.15) is 18.3 Å². The minimum atomic E-state index is -4.45. The van der Waals surface area contributed by atoms with E-state index in [4.69, 9.17) is 5.11 Å². The van der Waals surface area contributed by atoms with Gasteiger partial charge in [0.2, 0.25) is 0 Å². The van der Waals surface area contributed by atoms with Crippen molar-refractivity contribution in [3.63, 3.8) is 0 Å². The van der Waals surface area contributed by atoms with Crippen LogP contribution in [0.2, 0.25) is 0 Å². The summed E-state index contributed by atoms with van der Waals surface area (Å²) in [4.78, 5) is 22.2. The molecule has 8 heteroatoms. The Balaban J connectivity index is 2.21. The van der Waals surface area contributed by atoms with Crippen LogP contribution in [-0.2, 0) is 15.8 Å². The van der Waals surface area contributed by atoms with Crippen LogP contribution in [0.1, 0.15) is 18.4 Å². The number of aliphatic carboxylic acids is 1. The first-order valence-electron chi connectivity index (χ1n) is 5.56. The van der Waals surface area contributed by atoms with Crippen molar-refractivity contribution >= 4 is 23.3 Å². The van der Waals surface area contributed by atoms with Gasteiger partial charge < -0.3 is 5.11 Å². The van der Waals surface area contributed by atoms with Crippen LogP contribution in [0.3, 0.4) is 0 Å². The lowest BCUT2D eigenvalue weighted by molar-refractivity contribution is -0.138. The molecular formula is C12H9F3N2O3. The van der Waals surface area contributed by atoms with Crippen LogP contribution in [0.4, 0.5) is 18.9 Å². The SMILES string of the molecule is O=C(O)CC1=NN(c2ccc(C(F)(F)F)cc2)C(=O)C1. The van der Waals surface area contributed by atoms with E-state index in [0.717, 1.165) is 29.3 Å². The highest BCUT2D eigenvalue weighted by molar-refractivity contribution is 6.16. The Morgan fingerprint density at radius 1 is 1.30 bits per heavy atom. The van der Waals surface area contributed by atoms with Gasteiger partial charge in [0.15, 0.2) is 0 Å². The van der Waals surface area contributed by atoms with Crippen molar-refractivity contribution in [1.82, 2.24) is 0 Å². The quantitative estimate of drug-likeness (QED) is 0.926. The lowest BCUT2D eigenvalue weighted by Gasteiger charge is -2.13. The molecule has 0 radical (unpaired) electrons. The Kier molecular flexibility index (Phi) is 3.47. The summed E-state index contributed by atoms with van der Waals surface area (Å²) >= 11 is 0. The maximum atomic E-state index is 12.4. The number of carbonyl (C=O) groups excluding carboxylic acids is 1. The lowest BCUT2D eigenvalue weighted by atomic mass is 10.2. The second-order valence-electron chi connectivity index (χ2n) is 4.16. The van der Waals surface area contributed by atoms with E-state index in [-0.39, 0.29) is 24.2 Å². The van der Waals surface area contributed by atoms with Crippen LogP contribution in [0.15, 0.2) is 29.4 Å². The van der Waals surface area contributed by atoms with Crippen LogP contribution in [-0.4, -0.2) is 22.7 Å². The number of carbonyl (C=O) groups is 2. The number of hydrogen-bond donors (Lipinski definition) is 1. The van der Waals surface area contributed by atoms with Crippen molar-refractivity contribution in [2.45, 2.75) is 19.0 Å². The highest BCUT2D eigenvalue weighted by Gasteiger charge is 2.31. The van der Waals surface area contributed by atoms with E-state index >= 15 is 0 Å². The highest BCUT2D eigenvalue weighted by Crippen LogP contribution is 2.31. The number of benzene rings is 1. The summed E-state index contributed by atoms with van der Waals surface area (Å²) in [5.74, 6) is -1.59. The third kappa shape index (κ3) is 2.95. The number of hydrogen-bond acceptors (Lipinski definition) is 3. The molecule has 0 aromatic heterocycles. The van der Waals surface area contributed by atoms with E-state index in [1.165, 1.54) is 0 Å². The van der Waals surface area contributed by atoms with E-state index in [9.17, 15) is 22.8 Å². The zero-order valence-corrected chi connectivity index (χ0v) is 10.0. The van der Waals surface area contributed by atoms with E-state index in [1.807, 2.05) is 0 Å². The molecule has 0 spiro atoms. The summed E-state index contributed by atoms with van der Waals surface area (Å²) in [6.45, 7) is 0. The molecule has 106 valence electrons. The second-order valence-corrected chi connectivity index (χ2v) is 4.16. The molecule has 2 rings (SSSR count). The van der Waals surface area contributed by atoms with Crippen molar-refractivity contribution in [3.8, 4) is 0 Å². The van der Waals surface area contributed by atoms with E-state index < -0.39 is 23.6 Å². The molecule has 1 aromatic rings. The van der Waals surface area contributed by atoms with Crippen molar-refractivity contribution in [2.24, 2.45) is 5.10 Å². The first-order valence-corrected chi connectivity index (χ1v) is 5.56. The largest absolute Gasteiger partial charge is 0.481 e. The third-order valence-electron chi connectivity index (χ3n) is 2.63. The summed E-state index contributed by atoms with van der Waals surface area (Å²) in [5.41, 5.74) is -0.492. The number of anilines is 1. The Hall–Kier alpha value is -2.38. The molecule has 0 fully saturated rings. The number of alkyl halides is 3. The van der Waals surface area contributed by atoms with Gasteiger partial charge in [-0.15, -0.1) is 0 Å².